The van der Waals surface area contributed by atoms with E-state index < -0.39 is 12.3 Å². The number of hydrogen-bond donors (Lipinski definition) is 0. The van der Waals surface area contributed by atoms with Gasteiger partial charge in [-0.2, -0.15) is 0 Å². The minimum absolute atomic E-state index is 0.0105. The van der Waals surface area contributed by atoms with Crippen molar-refractivity contribution in [1.82, 2.24) is 0 Å². The molecule has 0 aromatic heterocycles. The van der Waals surface area contributed by atoms with Gasteiger partial charge in [0.15, 0.2) is 0 Å². The summed E-state index contributed by atoms with van der Waals surface area (Å²) in [7, 11) is 0. The van der Waals surface area contributed by atoms with Crippen LogP contribution in [-0.2, 0) is 24.0 Å². The number of ether oxygens (including phenoxy) is 1. The van der Waals surface area contributed by atoms with Gasteiger partial charge < -0.3 is 4.74 Å². The summed E-state index contributed by atoms with van der Waals surface area (Å²) in [6.45, 7) is 2.00. The van der Waals surface area contributed by atoms with E-state index in [-0.39, 0.29) is 5.56 Å². The molecule has 0 aliphatic heterocycles. The van der Waals surface area contributed by atoms with Gasteiger partial charge in [-0.05, 0) is 48.4 Å². The molecule has 134 valence electrons. The second kappa shape index (κ2) is 8.70. The average Bonchev–Trinajstić information content (AvgIpc) is 2.57. The van der Waals surface area contributed by atoms with Gasteiger partial charge in [0.1, 0.15) is 0 Å². The van der Waals surface area contributed by atoms with Crippen LogP contribution < -0.4 is 0 Å². The van der Waals surface area contributed by atoms with Crippen molar-refractivity contribution in [3.8, 4) is 0 Å². The van der Waals surface area contributed by atoms with Crippen LogP contribution >= 0.6 is 0 Å². The van der Waals surface area contributed by atoms with Crippen molar-refractivity contribution in [1.29, 1.82) is 0 Å². The molecule has 0 amide bonds. The summed E-state index contributed by atoms with van der Waals surface area (Å²) in [6, 6.07) is 14.7. The first-order valence-corrected chi connectivity index (χ1v) is 8.35. The van der Waals surface area contributed by atoms with Crippen LogP contribution in [0.5, 0.6) is 0 Å². The van der Waals surface area contributed by atoms with E-state index in [1.165, 1.54) is 6.07 Å². The zero-order valence-electron chi connectivity index (χ0n) is 14.1. The van der Waals surface area contributed by atoms with E-state index in [0.717, 1.165) is 30.4 Å². The fourth-order valence-electron chi connectivity index (χ4n) is 2.79. The van der Waals surface area contributed by atoms with Crippen LogP contribution in [0, 0.1) is 0 Å². The molecule has 0 radical (unpaired) electrons. The Hall–Kier alpha value is -2.30. The lowest BCUT2D eigenvalue weighted by atomic mass is 9.92. The number of hydrogen-bond acceptors (Lipinski definition) is 2. The van der Waals surface area contributed by atoms with Gasteiger partial charge in [-0.25, -0.2) is 4.79 Å². The third kappa shape index (κ3) is 5.93. The summed E-state index contributed by atoms with van der Waals surface area (Å²) < 4.78 is 40.8. The van der Waals surface area contributed by atoms with Crippen molar-refractivity contribution in [2.75, 3.05) is 0 Å². The molecule has 0 aliphatic carbocycles. The second-order valence-electron chi connectivity index (χ2n) is 5.87. The number of unbranched alkanes of at least 4 members (excludes halogenated alkanes) is 1. The van der Waals surface area contributed by atoms with E-state index in [1.54, 1.807) is 6.07 Å². The highest BCUT2D eigenvalue weighted by Gasteiger charge is 2.35. The lowest BCUT2D eigenvalue weighted by Crippen LogP contribution is -2.21. The van der Waals surface area contributed by atoms with Gasteiger partial charge in [0.25, 0.3) is 0 Å². The van der Waals surface area contributed by atoms with Crippen LogP contribution in [0.4, 0.5) is 13.2 Å². The lowest BCUT2D eigenvalue weighted by molar-refractivity contribution is -0.291. The molecule has 0 atom stereocenters. The van der Waals surface area contributed by atoms with Crippen molar-refractivity contribution in [2.24, 2.45) is 0 Å². The van der Waals surface area contributed by atoms with E-state index in [1.807, 2.05) is 43.3 Å². The highest BCUT2D eigenvalue weighted by Crippen LogP contribution is 2.24. The molecule has 2 aromatic rings. The maximum absolute atomic E-state index is 12.4. The molecule has 0 saturated heterocycles. The molecule has 2 nitrogen and oxygen atoms in total. The monoisotopic (exact) mass is 350 g/mol. The Morgan fingerprint density at radius 1 is 0.960 bits per heavy atom. The summed E-state index contributed by atoms with van der Waals surface area (Å²) in [4.78, 5) is 11.9. The second-order valence-corrected chi connectivity index (χ2v) is 5.87. The Morgan fingerprint density at radius 2 is 1.68 bits per heavy atom. The molecule has 0 fully saturated rings. The SMILES string of the molecule is CCCCc1c(CCc2ccccc2)cccc1C(=O)OC(F)(F)F. The van der Waals surface area contributed by atoms with Crippen molar-refractivity contribution < 1.29 is 22.7 Å². The Morgan fingerprint density at radius 3 is 2.32 bits per heavy atom. The van der Waals surface area contributed by atoms with Gasteiger partial charge in [-0.3, -0.25) is 0 Å². The number of carbonyl (C=O) groups is 1. The number of esters is 1. The van der Waals surface area contributed by atoms with Crippen molar-refractivity contribution in [2.45, 2.75) is 45.4 Å². The molecular weight excluding hydrogens is 329 g/mol. The van der Waals surface area contributed by atoms with Crippen LogP contribution in [-0.4, -0.2) is 12.3 Å². The molecular formula is C20H21F3O2. The number of carbonyl (C=O) groups excluding carboxylic acids is 1. The quantitative estimate of drug-likeness (QED) is 0.617. The summed E-state index contributed by atoms with van der Waals surface area (Å²) in [5, 5.41) is 0. The molecule has 2 aromatic carbocycles. The zero-order valence-corrected chi connectivity index (χ0v) is 14.1. The van der Waals surface area contributed by atoms with Crippen molar-refractivity contribution in [3.05, 3.63) is 70.8 Å². The number of alkyl halides is 3. The third-order valence-corrected chi connectivity index (χ3v) is 4.01. The summed E-state index contributed by atoms with van der Waals surface area (Å²) in [5.41, 5.74) is 2.71. The largest absolute Gasteiger partial charge is 0.575 e. The normalized spacial score (nSPS) is 11.4. The van der Waals surface area contributed by atoms with Crippen LogP contribution in [0.1, 0.15) is 46.8 Å². The number of halogens is 3. The van der Waals surface area contributed by atoms with Gasteiger partial charge in [0, 0.05) is 0 Å². The molecule has 0 N–H and O–H groups in total. The molecule has 0 unspecified atom stereocenters. The van der Waals surface area contributed by atoms with E-state index in [4.69, 9.17) is 0 Å². The fourth-order valence-corrected chi connectivity index (χ4v) is 2.79. The third-order valence-electron chi connectivity index (χ3n) is 4.01. The maximum atomic E-state index is 12.4. The molecule has 0 bridgehead atoms. The zero-order chi connectivity index (χ0) is 18.3. The number of benzene rings is 2. The predicted octanol–water partition coefficient (Wildman–Crippen LogP) is 5.49. The highest BCUT2D eigenvalue weighted by atomic mass is 19.4. The van der Waals surface area contributed by atoms with Gasteiger partial charge >= 0.3 is 12.3 Å². The number of rotatable bonds is 7. The molecule has 0 heterocycles. The molecule has 0 spiro atoms. The smallest absolute Gasteiger partial charge is 0.369 e. The van der Waals surface area contributed by atoms with E-state index in [9.17, 15) is 18.0 Å². The Bertz CT molecular complexity index is 694. The van der Waals surface area contributed by atoms with E-state index >= 15 is 0 Å². The van der Waals surface area contributed by atoms with Gasteiger partial charge in [0.2, 0.25) is 0 Å². The molecule has 0 aliphatic rings. The van der Waals surface area contributed by atoms with Crippen LogP contribution in [0.3, 0.4) is 0 Å². The minimum Gasteiger partial charge on any atom is -0.369 e. The Labute approximate surface area is 145 Å². The molecule has 25 heavy (non-hydrogen) atoms. The van der Waals surface area contributed by atoms with E-state index in [2.05, 4.69) is 4.74 Å². The number of aryl methyl sites for hydroxylation is 2. The minimum atomic E-state index is -4.97. The van der Waals surface area contributed by atoms with Crippen LogP contribution in [0.2, 0.25) is 0 Å². The highest BCUT2D eigenvalue weighted by molar-refractivity contribution is 5.91. The summed E-state index contributed by atoms with van der Waals surface area (Å²) in [5.74, 6) is -1.33. The first-order chi connectivity index (χ1) is 11.9. The summed E-state index contributed by atoms with van der Waals surface area (Å²) in [6.07, 6.45) is -1.30. The van der Waals surface area contributed by atoms with Crippen LogP contribution in [0.25, 0.3) is 0 Å². The first-order valence-electron chi connectivity index (χ1n) is 8.35. The molecule has 5 heteroatoms. The summed E-state index contributed by atoms with van der Waals surface area (Å²) >= 11 is 0. The molecule has 0 saturated carbocycles. The molecule has 2 rings (SSSR count). The van der Waals surface area contributed by atoms with Crippen LogP contribution in [0.15, 0.2) is 48.5 Å². The fraction of sp³-hybridized carbons (Fsp3) is 0.350. The average molecular weight is 350 g/mol. The standard InChI is InChI=1S/C20H21F3O2/c1-2-3-11-17-16(14-13-15-8-5-4-6-9-15)10-7-12-18(17)19(24)25-20(21,22)23/h4-10,12H,2-3,11,13-14H2,1H3. The first kappa shape index (κ1) is 19.0. The topological polar surface area (TPSA) is 26.3 Å². The lowest BCUT2D eigenvalue weighted by Gasteiger charge is -2.15. The van der Waals surface area contributed by atoms with Gasteiger partial charge in [0.05, 0.1) is 5.56 Å². The van der Waals surface area contributed by atoms with Crippen molar-refractivity contribution >= 4 is 5.97 Å². The van der Waals surface area contributed by atoms with Crippen molar-refractivity contribution in [3.63, 3.8) is 0 Å². The maximum Gasteiger partial charge on any atom is 0.575 e. The predicted molar refractivity (Wildman–Crippen MR) is 90.4 cm³/mol. The van der Waals surface area contributed by atoms with E-state index in [0.29, 0.717) is 18.4 Å². The Kier molecular flexibility index (Phi) is 6.62. The Balaban J connectivity index is 2.25. The van der Waals surface area contributed by atoms with Gasteiger partial charge in [-0.1, -0.05) is 55.8 Å². The van der Waals surface area contributed by atoms with Gasteiger partial charge in [-0.15, -0.1) is 13.2 Å².